The third kappa shape index (κ3) is 13.7. The summed E-state index contributed by atoms with van der Waals surface area (Å²) in [6.45, 7) is 32.5. The molecular formula is C40H55FN4. The lowest BCUT2D eigenvalue weighted by Gasteiger charge is -2.17. The zero-order valence-corrected chi connectivity index (χ0v) is 29.0. The number of rotatable bonds is 13. The van der Waals surface area contributed by atoms with Crippen LogP contribution in [0.3, 0.4) is 0 Å². The van der Waals surface area contributed by atoms with Gasteiger partial charge in [-0.25, -0.2) is 4.39 Å². The molecule has 1 heterocycles. The van der Waals surface area contributed by atoms with Crippen molar-refractivity contribution >= 4 is 17.0 Å². The SMILES string of the molecule is C=CN/C(=C\C=C(/Cc1cncc(C(=C)c2ccc(F)cc2)c1)NC(=C)C(C)C)c1ccc(C(=C)NC)cc1.CC.CC.CC. The van der Waals surface area contributed by atoms with E-state index in [1.807, 2.05) is 91.2 Å². The molecule has 0 unspecified atom stereocenters. The number of pyridine rings is 1. The van der Waals surface area contributed by atoms with Gasteiger partial charge in [-0.05, 0) is 70.3 Å². The Hall–Kier alpha value is -4.64. The van der Waals surface area contributed by atoms with Gasteiger partial charge in [-0.15, -0.1) is 0 Å². The van der Waals surface area contributed by atoms with Crippen molar-refractivity contribution < 1.29 is 4.39 Å². The van der Waals surface area contributed by atoms with Gasteiger partial charge in [0, 0.05) is 54.2 Å². The molecular weight excluding hydrogens is 555 g/mol. The van der Waals surface area contributed by atoms with Crippen LogP contribution in [0.2, 0.25) is 0 Å². The summed E-state index contributed by atoms with van der Waals surface area (Å²) >= 11 is 0. The second kappa shape index (κ2) is 22.8. The highest BCUT2D eigenvalue weighted by Crippen LogP contribution is 2.23. The highest BCUT2D eigenvalue weighted by atomic mass is 19.1. The summed E-state index contributed by atoms with van der Waals surface area (Å²) in [5.74, 6) is -0.0129. The number of aromatic nitrogens is 1. The van der Waals surface area contributed by atoms with Crippen LogP contribution >= 0.6 is 0 Å². The van der Waals surface area contributed by atoms with Crippen LogP contribution in [0.1, 0.15) is 83.2 Å². The van der Waals surface area contributed by atoms with Crippen molar-refractivity contribution in [3.05, 3.63) is 157 Å². The number of nitrogens with one attached hydrogen (secondary N) is 3. The van der Waals surface area contributed by atoms with Crippen molar-refractivity contribution in [1.82, 2.24) is 20.9 Å². The van der Waals surface area contributed by atoms with Gasteiger partial charge in [0.2, 0.25) is 0 Å². The van der Waals surface area contributed by atoms with E-state index in [1.54, 1.807) is 24.5 Å². The molecule has 3 rings (SSSR count). The van der Waals surface area contributed by atoms with Gasteiger partial charge in [0.05, 0.1) is 0 Å². The summed E-state index contributed by atoms with van der Waals surface area (Å²) < 4.78 is 13.4. The van der Waals surface area contributed by atoms with Crippen LogP contribution in [-0.2, 0) is 6.42 Å². The van der Waals surface area contributed by atoms with E-state index in [-0.39, 0.29) is 11.7 Å². The fourth-order valence-corrected chi connectivity index (χ4v) is 3.80. The third-order valence-corrected chi connectivity index (χ3v) is 6.30. The van der Waals surface area contributed by atoms with Gasteiger partial charge in [0.15, 0.2) is 0 Å². The largest absolute Gasteiger partial charge is 0.388 e. The Labute approximate surface area is 273 Å². The normalized spacial score (nSPS) is 10.5. The second-order valence-electron chi connectivity index (χ2n) is 9.48. The number of benzene rings is 2. The standard InChI is InChI=1S/C34H37FN4.3C2H6/c1-8-38-34(30-11-9-29(10-12-30)26(6)36-7)18-17-33(39-25(5)23(2)3)20-27-19-31(22-37-21-27)24(4)28-13-15-32(35)16-14-28;3*1-2/h8-19,21-23,36,38-39H,1,4-6,20H2,2-3,7H3;3*1-2H3/b33-17+,34-18-;;;. The molecule has 5 heteroatoms. The molecule has 2 aromatic carbocycles. The maximum absolute atomic E-state index is 13.4. The van der Waals surface area contributed by atoms with Crippen molar-refractivity contribution in [2.45, 2.75) is 61.8 Å². The minimum Gasteiger partial charge on any atom is -0.388 e. The second-order valence-corrected chi connectivity index (χ2v) is 9.48. The minimum atomic E-state index is -0.276. The molecule has 0 saturated heterocycles. The maximum atomic E-state index is 13.4. The zero-order valence-electron chi connectivity index (χ0n) is 29.0. The Morgan fingerprint density at radius 1 is 0.800 bits per heavy atom. The Morgan fingerprint density at radius 2 is 1.36 bits per heavy atom. The topological polar surface area (TPSA) is 49.0 Å². The Morgan fingerprint density at radius 3 is 1.89 bits per heavy atom. The highest BCUT2D eigenvalue weighted by molar-refractivity contribution is 5.77. The van der Waals surface area contributed by atoms with Crippen LogP contribution in [0, 0.1) is 11.7 Å². The first-order valence-corrected chi connectivity index (χ1v) is 15.8. The molecule has 0 atom stereocenters. The smallest absolute Gasteiger partial charge is 0.123 e. The summed E-state index contributed by atoms with van der Waals surface area (Å²) in [6, 6.07) is 16.5. The molecule has 3 aromatic rings. The summed E-state index contributed by atoms with van der Waals surface area (Å²) in [5.41, 5.74) is 9.21. The van der Waals surface area contributed by atoms with Crippen LogP contribution < -0.4 is 16.0 Å². The van der Waals surface area contributed by atoms with Crippen molar-refractivity contribution in [3.8, 4) is 0 Å². The molecule has 45 heavy (non-hydrogen) atoms. The average Bonchev–Trinajstić information content (AvgIpc) is 3.09. The van der Waals surface area contributed by atoms with E-state index in [4.69, 9.17) is 0 Å². The van der Waals surface area contributed by atoms with E-state index in [9.17, 15) is 4.39 Å². The first kappa shape index (κ1) is 40.4. The number of allylic oxidation sites excluding steroid dienone is 4. The maximum Gasteiger partial charge on any atom is 0.123 e. The van der Waals surface area contributed by atoms with Gasteiger partial charge in [-0.2, -0.15) is 0 Å². The van der Waals surface area contributed by atoms with Crippen molar-refractivity contribution in [2.24, 2.45) is 5.92 Å². The molecule has 0 bridgehead atoms. The van der Waals surface area contributed by atoms with Gasteiger partial charge in [-0.1, -0.05) is 118 Å². The monoisotopic (exact) mass is 610 g/mol. The molecule has 0 radical (unpaired) electrons. The predicted octanol–water partition coefficient (Wildman–Crippen LogP) is 10.5. The van der Waals surface area contributed by atoms with E-state index in [2.05, 4.69) is 67.2 Å². The molecule has 0 spiro atoms. The Bertz CT molecular complexity index is 1390. The highest BCUT2D eigenvalue weighted by Gasteiger charge is 2.09. The fraction of sp³-hybridized carbons (Fsp3) is 0.275. The van der Waals surface area contributed by atoms with Crippen molar-refractivity contribution in [1.29, 1.82) is 0 Å². The molecule has 4 nitrogen and oxygen atoms in total. The first-order valence-electron chi connectivity index (χ1n) is 15.8. The molecule has 0 fully saturated rings. The summed E-state index contributed by atoms with van der Waals surface area (Å²) in [4.78, 5) is 4.45. The first-order chi connectivity index (χ1) is 21.7. The molecule has 242 valence electrons. The van der Waals surface area contributed by atoms with Crippen molar-refractivity contribution in [3.63, 3.8) is 0 Å². The Balaban J connectivity index is 0.00000304. The fourth-order valence-electron chi connectivity index (χ4n) is 3.80. The van der Waals surface area contributed by atoms with E-state index < -0.39 is 0 Å². The average molecular weight is 611 g/mol. The van der Waals surface area contributed by atoms with E-state index in [0.717, 1.165) is 56.2 Å². The van der Waals surface area contributed by atoms with Crippen molar-refractivity contribution in [2.75, 3.05) is 7.05 Å². The van der Waals surface area contributed by atoms with Gasteiger partial charge >= 0.3 is 0 Å². The van der Waals surface area contributed by atoms with E-state index >= 15 is 0 Å². The third-order valence-electron chi connectivity index (χ3n) is 6.30. The molecule has 1 aromatic heterocycles. The summed E-state index contributed by atoms with van der Waals surface area (Å²) in [6.07, 6.45) is 9.94. The number of nitrogens with zero attached hydrogens (tertiary/aromatic N) is 1. The van der Waals surface area contributed by atoms with Gasteiger partial charge in [-0.3, -0.25) is 4.98 Å². The lowest BCUT2D eigenvalue weighted by atomic mass is 9.99. The molecule has 0 aliphatic heterocycles. The number of hydrogen-bond acceptors (Lipinski definition) is 4. The van der Waals surface area contributed by atoms with Gasteiger partial charge < -0.3 is 16.0 Å². The lowest BCUT2D eigenvalue weighted by Crippen LogP contribution is -2.18. The Kier molecular flexibility index (Phi) is 20.5. The minimum absolute atomic E-state index is 0.263. The zero-order chi connectivity index (χ0) is 34.4. The number of hydrogen-bond donors (Lipinski definition) is 3. The summed E-state index contributed by atoms with van der Waals surface area (Å²) in [5, 5.41) is 9.81. The van der Waals surface area contributed by atoms with Crippen LogP contribution in [-0.4, -0.2) is 12.0 Å². The molecule has 0 amide bonds. The molecule has 0 saturated carbocycles. The van der Waals surface area contributed by atoms with Gasteiger partial charge in [0.1, 0.15) is 5.82 Å². The summed E-state index contributed by atoms with van der Waals surface area (Å²) in [7, 11) is 1.86. The molecule has 3 N–H and O–H groups in total. The van der Waals surface area contributed by atoms with Crippen LogP contribution in [0.15, 0.2) is 123 Å². The van der Waals surface area contributed by atoms with Crippen LogP contribution in [0.25, 0.3) is 17.0 Å². The lowest BCUT2D eigenvalue weighted by molar-refractivity contribution is 0.627. The quantitative estimate of drug-likeness (QED) is 0.169. The molecule has 0 aliphatic carbocycles. The number of halogens is 1. The van der Waals surface area contributed by atoms with Crippen LogP contribution in [0.4, 0.5) is 4.39 Å². The van der Waals surface area contributed by atoms with E-state index in [1.165, 1.54) is 12.1 Å². The van der Waals surface area contributed by atoms with Crippen LogP contribution in [0.5, 0.6) is 0 Å². The van der Waals surface area contributed by atoms with E-state index in [0.29, 0.717) is 6.42 Å². The molecule has 0 aliphatic rings. The predicted molar refractivity (Wildman–Crippen MR) is 198 cm³/mol. The van der Waals surface area contributed by atoms with Gasteiger partial charge in [0.25, 0.3) is 0 Å².